The third-order valence-corrected chi connectivity index (χ3v) is 7.15. The number of halogens is 1. The molecular weight excluding hydrogens is 550 g/mol. The van der Waals surface area contributed by atoms with E-state index in [1.807, 2.05) is 12.1 Å². The van der Waals surface area contributed by atoms with Gasteiger partial charge in [-0.15, -0.1) is 12.4 Å². The first kappa shape index (κ1) is 27.8. The van der Waals surface area contributed by atoms with E-state index >= 15 is 0 Å². The lowest BCUT2D eigenvalue weighted by atomic mass is 9.84. The number of anilines is 1. The molecule has 3 atom stereocenters. The maximum Gasteiger partial charge on any atom is 0.305 e. The standard InChI is InChI=1S/C29H27N5O6.ClH/c35-26(36)13-24(21-5-2-6-25-23(21)15-39-16-40-25)34-14-18-7-8-20(12-22(18)28(34)38)32-27(37)17-3-1-4-19(11-17)33-29-30-9-10-31-29;/h1-8,11-12,14-15,21-22,24H,9-10,13,16H2,(H,32,37)(H,35,36)(H2,30,31,33);1H. The number of aliphatic imine (C=N–C) groups is 1. The number of carboxylic acids is 1. The fourth-order valence-corrected chi connectivity index (χ4v) is 5.27. The van der Waals surface area contributed by atoms with Gasteiger partial charge in [0.15, 0.2) is 5.96 Å². The van der Waals surface area contributed by atoms with Crippen LogP contribution in [0.1, 0.15) is 16.8 Å². The van der Waals surface area contributed by atoms with Gasteiger partial charge >= 0.3 is 5.97 Å². The number of guanidine groups is 1. The highest BCUT2D eigenvalue weighted by atomic mass is 35.5. The van der Waals surface area contributed by atoms with E-state index in [1.165, 1.54) is 4.90 Å². The number of carbonyl (C=O) groups excluding carboxylic acids is 2. The zero-order chi connectivity index (χ0) is 27.6. The summed E-state index contributed by atoms with van der Waals surface area (Å²) in [6.07, 6.45) is 13.6. The number of ether oxygens (including phenoxy) is 2. The van der Waals surface area contributed by atoms with Crippen molar-refractivity contribution in [3.8, 4) is 0 Å². The zero-order valence-electron chi connectivity index (χ0n) is 21.8. The van der Waals surface area contributed by atoms with Crippen LogP contribution in [0, 0.1) is 11.8 Å². The number of amides is 2. The van der Waals surface area contributed by atoms with Crippen molar-refractivity contribution in [3.63, 3.8) is 0 Å². The molecule has 11 nitrogen and oxygen atoms in total. The van der Waals surface area contributed by atoms with Crippen LogP contribution in [0.3, 0.4) is 0 Å². The number of nitrogens with zero attached hydrogens (tertiary/aromatic N) is 2. The second-order valence-corrected chi connectivity index (χ2v) is 9.73. The van der Waals surface area contributed by atoms with Gasteiger partial charge in [-0.2, -0.15) is 0 Å². The Hall–Kier alpha value is -4.77. The predicted molar refractivity (Wildman–Crippen MR) is 153 cm³/mol. The molecule has 0 spiro atoms. The minimum atomic E-state index is -1.03. The normalized spacial score (nSPS) is 22.6. The summed E-state index contributed by atoms with van der Waals surface area (Å²) in [5, 5.41) is 18.8. The average Bonchev–Trinajstić information content (AvgIpc) is 3.59. The highest BCUT2D eigenvalue weighted by Crippen LogP contribution is 2.39. The Morgan fingerprint density at radius 3 is 2.95 bits per heavy atom. The summed E-state index contributed by atoms with van der Waals surface area (Å²) in [6, 6.07) is 6.35. The Morgan fingerprint density at radius 2 is 2.15 bits per heavy atom. The first-order valence-corrected chi connectivity index (χ1v) is 12.9. The Balaban J connectivity index is 0.00000337. The van der Waals surface area contributed by atoms with E-state index in [9.17, 15) is 19.5 Å². The molecule has 0 radical (unpaired) electrons. The van der Waals surface area contributed by atoms with E-state index < -0.39 is 23.8 Å². The van der Waals surface area contributed by atoms with Gasteiger partial charge in [0.2, 0.25) is 12.7 Å². The fourth-order valence-electron chi connectivity index (χ4n) is 5.27. The summed E-state index contributed by atoms with van der Waals surface area (Å²) in [4.78, 5) is 44.3. The Morgan fingerprint density at radius 1 is 1.27 bits per heavy atom. The van der Waals surface area contributed by atoms with Crippen molar-refractivity contribution in [3.05, 3.63) is 101 Å². The van der Waals surface area contributed by atoms with Crippen LogP contribution < -0.4 is 16.0 Å². The van der Waals surface area contributed by atoms with Crippen molar-refractivity contribution < 1.29 is 29.0 Å². The smallest absolute Gasteiger partial charge is 0.305 e. The van der Waals surface area contributed by atoms with Crippen molar-refractivity contribution in [1.29, 1.82) is 0 Å². The summed E-state index contributed by atoms with van der Waals surface area (Å²) in [6.45, 7) is 1.54. The second-order valence-electron chi connectivity index (χ2n) is 9.73. The number of nitrogens with one attached hydrogen (secondary N) is 3. The summed E-state index contributed by atoms with van der Waals surface area (Å²) < 4.78 is 10.9. The molecule has 2 amide bonds. The maximum atomic E-state index is 13.6. The molecule has 5 aliphatic rings. The fraction of sp³-hybridized carbons (Fsp3) is 0.241. The quantitative estimate of drug-likeness (QED) is 0.388. The molecule has 3 heterocycles. The molecule has 1 aromatic carbocycles. The molecule has 3 unspecified atom stereocenters. The van der Waals surface area contributed by atoms with Gasteiger partial charge in [-0.25, -0.2) is 0 Å². The molecule has 1 aromatic rings. The molecule has 0 fully saturated rings. The Kier molecular flexibility index (Phi) is 7.97. The molecule has 2 aliphatic carbocycles. The predicted octanol–water partition coefficient (Wildman–Crippen LogP) is 2.81. The van der Waals surface area contributed by atoms with Crippen LogP contribution in [0.5, 0.6) is 0 Å². The van der Waals surface area contributed by atoms with Gasteiger partial charge in [0.25, 0.3) is 5.91 Å². The van der Waals surface area contributed by atoms with Crippen molar-refractivity contribution in [2.45, 2.75) is 12.5 Å². The summed E-state index contributed by atoms with van der Waals surface area (Å²) in [7, 11) is 0. The van der Waals surface area contributed by atoms with Crippen LogP contribution >= 0.6 is 12.4 Å². The molecule has 0 aromatic heterocycles. The molecule has 6 rings (SSSR count). The van der Waals surface area contributed by atoms with Crippen LogP contribution in [0.4, 0.5) is 5.69 Å². The van der Waals surface area contributed by atoms with E-state index in [1.54, 1.807) is 61.0 Å². The van der Waals surface area contributed by atoms with E-state index in [0.717, 1.165) is 17.8 Å². The number of allylic oxidation sites excluding steroid dienone is 5. The summed E-state index contributed by atoms with van der Waals surface area (Å²) in [5.74, 6) is -1.44. The number of benzene rings is 1. The lowest BCUT2D eigenvalue weighted by Gasteiger charge is -2.35. The molecule has 0 bridgehead atoms. The molecule has 3 aliphatic heterocycles. The van der Waals surface area contributed by atoms with Gasteiger partial charge in [0, 0.05) is 41.2 Å². The van der Waals surface area contributed by atoms with E-state index in [2.05, 4.69) is 20.9 Å². The number of fused-ring (bicyclic) bond motifs is 2. The van der Waals surface area contributed by atoms with Gasteiger partial charge in [-0.05, 0) is 42.0 Å². The molecule has 0 saturated heterocycles. The molecule has 4 N–H and O–H groups in total. The molecule has 12 heteroatoms. The van der Waals surface area contributed by atoms with Gasteiger partial charge in [0.05, 0.1) is 31.2 Å². The minimum Gasteiger partial charge on any atom is -0.481 e. The van der Waals surface area contributed by atoms with Crippen LogP contribution in [0.2, 0.25) is 0 Å². The number of carbonyl (C=O) groups is 3. The molecular formula is C29H28ClN5O6. The number of carboxylic acid groups (broad SMARTS) is 1. The van der Waals surface area contributed by atoms with Gasteiger partial charge in [0.1, 0.15) is 5.76 Å². The summed E-state index contributed by atoms with van der Waals surface area (Å²) in [5.41, 5.74) is 3.06. The van der Waals surface area contributed by atoms with E-state index in [4.69, 9.17) is 9.47 Å². The lowest BCUT2D eigenvalue weighted by molar-refractivity contribution is -0.140. The highest BCUT2D eigenvalue weighted by Gasteiger charge is 2.42. The van der Waals surface area contributed by atoms with E-state index in [-0.39, 0.29) is 37.4 Å². The number of hydrogen-bond acceptors (Lipinski definition) is 8. The van der Waals surface area contributed by atoms with Crippen LogP contribution in [0.25, 0.3) is 0 Å². The Bertz CT molecular complexity index is 1490. The largest absolute Gasteiger partial charge is 0.481 e. The monoisotopic (exact) mass is 577 g/mol. The van der Waals surface area contributed by atoms with Crippen LogP contribution in [-0.4, -0.2) is 59.7 Å². The van der Waals surface area contributed by atoms with Crippen molar-refractivity contribution in [2.24, 2.45) is 16.8 Å². The van der Waals surface area contributed by atoms with Crippen molar-refractivity contribution in [2.75, 3.05) is 25.2 Å². The topological polar surface area (TPSA) is 142 Å². The average molecular weight is 578 g/mol. The maximum absolute atomic E-state index is 13.6. The van der Waals surface area contributed by atoms with Gasteiger partial charge < -0.3 is 35.4 Å². The third kappa shape index (κ3) is 5.75. The number of hydrogen-bond donors (Lipinski definition) is 4. The minimum absolute atomic E-state index is 0. The van der Waals surface area contributed by atoms with E-state index in [0.29, 0.717) is 35.1 Å². The Labute approximate surface area is 242 Å². The molecule has 212 valence electrons. The third-order valence-electron chi connectivity index (χ3n) is 7.15. The zero-order valence-corrected chi connectivity index (χ0v) is 22.6. The van der Waals surface area contributed by atoms with Crippen molar-refractivity contribution in [1.82, 2.24) is 15.5 Å². The van der Waals surface area contributed by atoms with Crippen molar-refractivity contribution >= 4 is 41.8 Å². The second kappa shape index (κ2) is 11.8. The van der Waals surface area contributed by atoms with Crippen LogP contribution in [-0.2, 0) is 19.1 Å². The first-order chi connectivity index (χ1) is 19.5. The first-order valence-electron chi connectivity index (χ1n) is 12.9. The number of aliphatic carboxylic acids is 1. The highest BCUT2D eigenvalue weighted by molar-refractivity contribution is 5.99. The van der Waals surface area contributed by atoms with Crippen LogP contribution in [0.15, 0.2) is 101 Å². The lowest BCUT2D eigenvalue weighted by Crippen LogP contribution is -2.43. The number of rotatable bonds is 7. The SMILES string of the molecule is Cl.O=C(O)CC(C1C=CC=C2OCOC=C21)N1C=C2C=CC(NC(=O)c3cccc(NC4=NCCN4)c3)=CC2C1=O. The molecule has 41 heavy (non-hydrogen) atoms. The van der Waals surface area contributed by atoms with Gasteiger partial charge in [-0.3, -0.25) is 19.4 Å². The summed E-state index contributed by atoms with van der Waals surface area (Å²) >= 11 is 0. The van der Waals surface area contributed by atoms with Gasteiger partial charge in [-0.1, -0.05) is 24.3 Å². The molecule has 0 saturated carbocycles.